The molecule has 1 aromatic carbocycles. The van der Waals surface area contributed by atoms with Crippen LogP contribution in [-0.4, -0.2) is 20.9 Å². The Labute approximate surface area is 104 Å². The number of nitrogens with zero attached hydrogens (tertiary/aromatic N) is 3. The predicted molar refractivity (Wildman–Crippen MR) is 71.1 cm³/mol. The number of benzene rings is 1. The van der Waals surface area contributed by atoms with E-state index in [-0.39, 0.29) is 5.11 Å². The number of hydrogen-bond donors (Lipinski definition) is 2. The highest BCUT2D eigenvalue weighted by Gasteiger charge is 2.01. The Morgan fingerprint density at radius 3 is 2.88 bits per heavy atom. The molecular weight excluding hydrogens is 234 g/mol. The summed E-state index contributed by atoms with van der Waals surface area (Å²) in [6.45, 7) is 0. The number of thiocarbonyl (C=S) groups is 1. The molecule has 0 saturated heterocycles. The van der Waals surface area contributed by atoms with Gasteiger partial charge in [-0.3, -0.25) is 9.99 Å². The molecular formula is C11H11N5S. The van der Waals surface area contributed by atoms with Crippen molar-refractivity contribution in [3.05, 3.63) is 48.5 Å². The molecule has 6 heteroatoms. The van der Waals surface area contributed by atoms with Gasteiger partial charge in [-0.1, -0.05) is 18.2 Å². The zero-order valence-corrected chi connectivity index (χ0v) is 9.76. The molecule has 2 rings (SSSR count). The molecule has 0 bridgehead atoms. The highest BCUT2D eigenvalue weighted by molar-refractivity contribution is 7.80. The van der Waals surface area contributed by atoms with Crippen LogP contribution >= 0.6 is 12.2 Å². The van der Waals surface area contributed by atoms with Crippen LogP contribution in [0.25, 0.3) is 5.69 Å². The highest BCUT2D eigenvalue weighted by Crippen LogP contribution is 2.08. The van der Waals surface area contributed by atoms with E-state index in [0.29, 0.717) is 5.82 Å². The molecule has 17 heavy (non-hydrogen) atoms. The number of hydrazone groups is 1. The number of nitrogens with two attached hydrogens (primary N) is 1. The van der Waals surface area contributed by atoms with E-state index in [4.69, 9.17) is 5.73 Å². The Kier molecular flexibility index (Phi) is 3.46. The summed E-state index contributed by atoms with van der Waals surface area (Å²) in [4.78, 5) is 4.18. The van der Waals surface area contributed by atoms with Crippen LogP contribution in [0.4, 0.5) is 0 Å². The molecule has 2 aromatic rings. The minimum Gasteiger partial charge on any atom is -0.375 e. The number of para-hydroxylation sites is 1. The maximum absolute atomic E-state index is 5.26. The fourth-order valence-electron chi connectivity index (χ4n) is 1.37. The summed E-state index contributed by atoms with van der Waals surface area (Å²) in [5, 5.41) is 4.00. The standard InChI is InChI=1S/C11H11N5S/c12-11(17)15-14-8-10-13-6-7-16(10)9-4-2-1-3-5-9/h1-8H,(H3,12,15,17)/b14-8-. The van der Waals surface area contributed by atoms with E-state index in [1.54, 1.807) is 12.4 Å². The second-order valence-electron chi connectivity index (χ2n) is 3.23. The van der Waals surface area contributed by atoms with Gasteiger partial charge in [0.05, 0.1) is 6.21 Å². The SMILES string of the molecule is NC(=S)N/N=C\c1nccn1-c1ccccc1. The van der Waals surface area contributed by atoms with Gasteiger partial charge in [0.15, 0.2) is 10.9 Å². The van der Waals surface area contributed by atoms with Gasteiger partial charge in [-0.2, -0.15) is 5.10 Å². The lowest BCUT2D eigenvalue weighted by atomic mass is 10.3. The summed E-state index contributed by atoms with van der Waals surface area (Å²) < 4.78 is 1.91. The molecule has 0 radical (unpaired) electrons. The van der Waals surface area contributed by atoms with Crippen molar-refractivity contribution < 1.29 is 0 Å². The normalized spacial score (nSPS) is 10.6. The molecule has 86 valence electrons. The van der Waals surface area contributed by atoms with Crippen LogP contribution in [0.5, 0.6) is 0 Å². The first-order valence-electron chi connectivity index (χ1n) is 4.94. The first-order chi connectivity index (χ1) is 8.27. The minimum absolute atomic E-state index is 0.124. The number of rotatable bonds is 3. The lowest BCUT2D eigenvalue weighted by Crippen LogP contribution is -2.24. The van der Waals surface area contributed by atoms with Crippen LogP contribution in [0.2, 0.25) is 0 Å². The van der Waals surface area contributed by atoms with Gasteiger partial charge >= 0.3 is 0 Å². The molecule has 1 heterocycles. The van der Waals surface area contributed by atoms with Gasteiger partial charge < -0.3 is 5.73 Å². The zero-order chi connectivity index (χ0) is 12.1. The first kappa shape index (κ1) is 11.3. The van der Waals surface area contributed by atoms with Crippen LogP contribution in [-0.2, 0) is 0 Å². The van der Waals surface area contributed by atoms with Crippen molar-refractivity contribution in [1.29, 1.82) is 0 Å². The zero-order valence-electron chi connectivity index (χ0n) is 8.95. The third-order valence-electron chi connectivity index (χ3n) is 2.06. The van der Waals surface area contributed by atoms with E-state index in [1.165, 1.54) is 0 Å². The summed E-state index contributed by atoms with van der Waals surface area (Å²) in [5.41, 5.74) is 8.76. The van der Waals surface area contributed by atoms with Crippen molar-refractivity contribution in [1.82, 2.24) is 15.0 Å². The quantitative estimate of drug-likeness (QED) is 0.481. The number of nitrogens with one attached hydrogen (secondary N) is 1. The molecule has 1 aromatic heterocycles. The maximum Gasteiger partial charge on any atom is 0.184 e. The average molecular weight is 245 g/mol. The van der Waals surface area contributed by atoms with Crippen LogP contribution in [0.15, 0.2) is 47.8 Å². The van der Waals surface area contributed by atoms with Gasteiger partial charge in [0.2, 0.25) is 0 Å². The molecule has 0 atom stereocenters. The summed E-state index contributed by atoms with van der Waals surface area (Å²) in [6, 6.07) is 9.86. The predicted octanol–water partition coefficient (Wildman–Crippen LogP) is 1.04. The number of hydrogen-bond acceptors (Lipinski definition) is 3. The second-order valence-corrected chi connectivity index (χ2v) is 3.67. The van der Waals surface area contributed by atoms with Crippen molar-refractivity contribution in [2.75, 3.05) is 0 Å². The van der Waals surface area contributed by atoms with E-state index in [9.17, 15) is 0 Å². The molecule has 5 nitrogen and oxygen atoms in total. The van der Waals surface area contributed by atoms with Crippen molar-refractivity contribution in [3.8, 4) is 5.69 Å². The third kappa shape index (κ3) is 2.88. The fraction of sp³-hybridized carbons (Fsp3) is 0. The van der Waals surface area contributed by atoms with Gasteiger partial charge in [-0.15, -0.1) is 0 Å². The second kappa shape index (κ2) is 5.22. The molecule has 0 fully saturated rings. The third-order valence-corrected chi connectivity index (χ3v) is 2.15. The van der Waals surface area contributed by atoms with Gasteiger partial charge in [-0.25, -0.2) is 4.98 Å². The Hall–Kier alpha value is -2.21. The Morgan fingerprint density at radius 1 is 1.41 bits per heavy atom. The summed E-state index contributed by atoms with van der Waals surface area (Å²) >= 11 is 4.64. The van der Waals surface area contributed by atoms with Crippen LogP contribution < -0.4 is 11.2 Å². The minimum atomic E-state index is 0.124. The fourth-order valence-corrected chi connectivity index (χ4v) is 1.42. The van der Waals surface area contributed by atoms with E-state index in [2.05, 4.69) is 27.7 Å². The van der Waals surface area contributed by atoms with Crippen LogP contribution in [0, 0.1) is 0 Å². The maximum atomic E-state index is 5.26. The Morgan fingerprint density at radius 2 is 2.18 bits per heavy atom. The Bertz CT molecular complexity index is 532. The molecule has 0 aliphatic heterocycles. The topological polar surface area (TPSA) is 68.2 Å². The van der Waals surface area contributed by atoms with Crippen molar-refractivity contribution >= 4 is 23.5 Å². The molecule has 0 amide bonds. The van der Waals surface area contributed by atoms with E-state index in [0.717, 1.165) is 5.69 Å². The highest BCUT2D eigenvalue weighted by atomic mass is 32.1. The van der Waals surface area contributed by atoms with E-state index < -0.39 is 0 Å². The monoisotopic (exact) mass is 245 g/mol. The van der Waals surface area contributed by atoms with Crippen molar-refractivity contribution in [3.63, 3.8) is 0 Å². The van der Waals surface area contributed by atoms with Gasteiger partial charge in [0.25, 0.3) is 0 Å². The molecule has 0 spiro atoms. The smallest absolute Gasteiger partial charge is 0.184 e. The van der Waals surface area contributed by atoms with E-state index in [1.807, 2.05) is 41.1 Å². The summed E-state index contributed by atoms with van der Waals surface area (Å²) in [7, 11) is 0. The van der Waals surface area contributed by atoms with Gasteiger partial charge in [0.1, 0.15) is 0 Å². The Balaban J connectivity index is 2.23. The van der Waals surface area contributed by atoms with E-state index >= 15 is 0 Å². The first-order valence-corrected chi connectivity index (χ1v) is 5.35. The number of aromatic nitrogens is 2. The summed E-state index contributed by atoms with van der Waals surface area (Å²) in [6.07, 6.45) is 5.12. The van der Waals surface area contributed by atoms with Crippen molar-refractivity contribution in [2.24, 2.45) is 10.8 Å². The van der Waals surface area contributed by atoms with Crippen LogP contribution in [0.3, 0.4) is 0 Å². The van der Waals surface area contributed by atoms with Gasteiger partial charge in [0, 0.05) is 18.1 Å². The lowest BCUT2D eigenvalue weighted by molar-refractivity contribution is 1.01. The molecule has 0 saturated carbocycles. The van der Waals surface area contributed by atoms with Crippen molar-refractivity contribution in [2.45, 2.75) is 0 Å². The average Bonchev–Trinajstić information content (AvgIpc) is 2.78. The number of imidazole rings is 1. The van der Waals surface area contributed by atoms with Crippen LogP contribution in [0.1, 0.15) is 5.82 Å². The largest absolute Gasteiger partial charge is 0.375 e. The molecule has 0 unspecified atom stereocenters. The van der Waals surface area contributed by atoms with Gasteiger partial charge in [-0.05, 0) is 24.4 Å². The molecule has 0 aliphatic rings. The molecule has 3 N–H and O–H groups in total. The summed E-state index contributed by atoms with van der Waals surface area (Å²) in [5.74, 6) is 0.694. The lowest BCUT2D eigenvalue weighted by Gasteiger charge is -2.03. The molecule has 0 aliphatic carbocycles.